The number of hydrogen-bond acceptors (Lipinski definition) is 4. The molecule has 6 heteroatoms. The molecule has 0 aromatic carbocycles. The molecule has 0 radical (unpaired) electrons. The first-order valence-corrected chi connectivity index (χ1v) is 6.80. The molecule has 1 saturated heterocycles. The molecule has 1 fully saturated rings. The zero-order valence-corrected chi connectivity index (χ0v) is 11.9. The third-order valence-corrected chi connectivity index (χ3v) is 3.28. The lowest BCUT2D eigenvalue weighted by Crippen LogP contribution is -2.51. The van der Waals surface area contributed by atoms with Crippen molar-refractivity contribution < 1.29 is 4.79 Å². The van der Waals surface area contributed by atoms with Gasteiger partial charge in [-0.15, -0.1) is 0 Å². The monoisotopic (exact) mass is 312 g/mol. The zero-order valence-electron chi connectivity index (χ0n) is 10.3. The maximum Gasteiger partial charge on any atom is 0.239 e. The average molecular weight is 313 g/mol. The van der Waals surface area contributed by atoms with Crippen LogP contribution in [0.5, 0.6) is 0 Å². The first-order chi connectivity index (χ1) is 8.63. The molecule has 1 aliphatic heterocycles. The fraction of sp³-hybridized carbons (Fsp3) is 0.500. The minimum absolute atomic E-state index is 0.0149. The summed E-state index contributed by atoms with van der Waals surface area (Å²) in [7, 11) is 0. The van der Waals surface area contributed by atoms with Crippen molar-refractivity contribution in [2.45, 2.75) is 13.0 Å². The largest absolute Gasteiger partial charge is 0.312 e. The second-order valence-corrected chi connectivity index (χ2v) is 5.42. The van der Waals surface area contributed by atoms with Crippen molar-refractivity contribution in [2.75, 3.05) is 31.5 Å². The molecule has 0 spiro atoms. The Labute approximate surface area is 115 Å². The van der Waals surface area contributed by atoms with Gasteiger partial charge in [0.1, 0.15) is 5.82 Å². The van der Waals surface area contributed by atoms with E-state index in [0.717, 1.165) is 24.1 Å². The van der Waals surface area contributed by atoms with Gasteiger partial charge in [-0.05, 0) is 35.0 Å². The number of carbonyl (C=O) groups excluding carboxylic acids is 1. The van der Waals surface area contributed by atoms with E-state index in [1.54, 1.807) is 12.3 Å². The molecule has 1 aliphatic rings. The first kappa shape index (κ1) is 13.5. The maximum absolute atomic E-state index is 11.8. The number of halogens is 1. The van der Waals surface area contributed by atoms with E-state index in [0.29, 0.717) is 18.4 Å². The molecule has 2 rings (SSSR count). The van der Waals surface area contributed by atoms with Crippen molar-refractivity contribution in [3.05, 3.63) is 22.8 Å². The summed E-state index contributed by atoms with van der Waals surface area (Å²) in [6.45, 7) is 5.29. The van der Waals surface area contributed by atoms with Gasteiger partial charge in [0.15, 0.2) is 0 Å². The molecular weight excluding hydrogens is 296 g/mol. The van der Waals surface area contributed by atoms with Crippen molar-refractivity contribution >= 4 is 27.7 Å². The lowest BCUT2D eigenvalue weighted by Gasteiger charge is -2.31. The summed E-state index contributed by atoms with van der Waals surface area (Å²) in [5, 5.41) is 6.15. The van der Waals surface area contributed by atoms with Gasteiger partial charge in [-0.25, -0.2) is 4.98 Å². The van der Waals surface area contributed by atoms with Crippen LogP contribution in [-0.4, -0.2) is 48.0 Å². The zero-order chi connectivity index (χ0) is 13.0. The maximum atomic E-state index is 11.8. The number of rotatable bonds is 3. The van der Waals surface area contributed by atoms with Crippen LogP contribution in [-0.2, 0) is 4.79 Å². The number of nitrogens with zero attached hydrogens (tertiary/aromatic N) is 2. The van der Waals surface area contributed by atoms with Gasteiger partial charge in [0.05, 0.1) is 6.54 Å². The van der Waals surface area contributed by atoms with E-state index in [1.807, 2.05) is 6.07 Å². The van der Waals surface area contributed by atoms with Crippen LogP contribution in [0.25, 0.3) is 0 Å². The smallest absolute Gasteiger partial charge is 0.239 e. The quantitative estimate of drug-likeness (QED) is 0.877. The molecule has 1 atom stereocenters. The minimum Gasteiger partial charge on any atom is -0.312 e. The summed E-state index contributed by atoms with van der Waals surface area (Å²) in [6, 6.07) is 4.08. The van der Waals surface area contributed by atoms with E-state index in [9.17, 15) is 4.79 Å². The van der Waals surface area contributed by atoms with E-state index in [1.165, 1.54) is 0 Å². The Kier molecular flexibility index (Phi) is 4.68. The highest BCUT2D eigenvalue weighted by molar-refractivity contribution is 9.10. The third kappa shape index (κ3) is 4.04. The normalized spacial score (nSPS) is 20.7. The summed E-state index contributed by atoms with van der Waals surface area (Å²) in [6.07, 6.45) is 1.67. The molecule has 0 saturated carbocycles. The predicted octanol–water partition coefficient (Wildman–Crippen LogP) is 1.08. The molecular formula is C12H17BrN4O. The number of hydrogen-bond donors (Lipinski definition) is 2. The van der Waals surface area contributed by atoms with Gasteiger partial charge in [0, 0.05) is 36.3 Å². The summed E-state index contributed by atoms with van der Waals surface area (Å²) in [4.78, 5) is 18.1. The average Bonchev–Trinajstić information content (AvgIpc) is 2.32. The molecule has 1 unspecified atom stereocenters. The molecule has 1 amide bonds. The van der Waals surface area contributed by atoms with E-state index >= 15 is 0 Å². The van der Waals surface area contributed by atoms with Crippen LogP contribution in [0.4, 0.5) is 5.82 Å². The minimum atomic E-state index is -0.0149. The number of amides is 1. The van der Waals surface area contributed by atoms with Crippen molar-refractivity contribution in [2.24, 2.45) is 0 Å². The van der Waals surface area contributed by atoms with Gasteiger partial charge < -0.3 is 10.6 Å². The number of piperazine rings is 1. The highest BCUT2D eigenvalue weighted by Gasteiger charge is 2.17. The lowest BCUT2D eigenvalue weighted by molar-refractivity contribution is -0.117. The summed E-state index contributed by atoms with van der Waals surface area (Å²) in [5.74, 6) is 0.574. The fourth-order valence-electron chi connectivity index (χ4n) is 1.99. The van der Waals surface area contributed by atoms with Crippen LogP contribution in [0.15, 0.2) is 22.8 Å². The SMILES string of the molecule is CC1CN(CC(=O)Nc2ccc(Br)cn2)CCN1. The second-order valence-electron chi connectivity index (χ2n) is 4.50. The summed E-state index contributed by atoms with van der Waals surface area (Å²) >= 11 is 3.31. The van der Waals surface area contributed by atoms with Crippen LogP contribution in [0.3, 0.4) is 0 Å². The van der Waals surface area contributed by atoms with Crippen molar-refractivity contribution in [1.29, 1.82) is 0 Å². The highest BCUT2D eigenvalue weighted by atomic mass is 79.9. The Morgan fingerprint density at radius 2 is 2.50 bits per heavy atom. The van der Waals surface area contributed by atoms with Crippen molar-refractivity contribution in [1.82, 2.24) is 15.2 Å². The van der Waals surface area contributed by atoms with Gasteiger partial charge in [0.25, 0.3) is 0 Å². The summed E-state index contributed by atoms with van der Waals surface area (Å²) < 4.78 is 0.899. The van der Waals surface area contributed by atoms with E-state index in [2.05, 4.69) is 43.4 Å². The molecule has 18 heavy (non-hydrogen) atoms. The molecule has 98 valence electrons. The molecule has 0 bridgehead atoms. The standard InChI is InChI=1S/C12H17BrN4O/c1-9-7-17(5-4-14-9)8-12(18)16-11-3-2-10(13)6-15-11/h2-3,6,9,14H,4-5,7-8H2,1H3,(H,15,16,18). The third-order valence-electron chi connectivity index (χ3n) is 2.81. The number of pyridine rings is 1. The van der Waals surface area contributed by atoms with Gasteiger partial charge in [0.2, 0.25) is 5.91 Å². The first-order valence-electron chi connectivity index (χ1n) is 6.00. The van der Waals surface area contributed by atoms with Crippen LogP contribution >= 0.6 is 15.9 Å². The van der Waals surface area contributed by atoms with E-state index in [4.69, 9.17) is 0 Å². The van der Waals surface area contributed by atoms with E-state index in [-0.39, 0.29) is 5.91 Å². The fourth-order valence-corrected chi connectivity index (χ4v) is 2.23. The predicted molar refractivity (Wildman–Crippen MR) is 74.5 cm³/mol. The Bertz CT molecular complexity index is 409. The Morgan fingerprint density at radius 3 is 3.17 bits per heavy atom. The number of carbonyl (C=O) groups is 1. The lowest BCUT2D eigenvalue weighted by atomic mass is 10.2. The van der Waals surface area contributed by atoms with Crippen LogP contribution in [0.1, 0.15) is 6.92 Å². The van der Waals surface area contributed by atoms with Gasteiger partial charge in [-0.3, -0.25) is 9.69 Å². The molecule has 5 nitrogen and oxygen atoms in total. The van der Waals surface area contributed by atoms with Gasteiger partial charge in [-0.1, -0.05) is 0 Å². The molecule has 1 aromatic heterocycles. The molecule has 1 aromatic rings. The van der Waals surface area contributed by atoms with Gasteiger partial charge >= 0.3 is 0 Å². The highest BCUT2D eigenvalue weighted by Crippen LogP contribution is 2.10. The Balaban J connectivity index is 1.83. The van der Waals surface area contributed by atoms with Crippen LogP contribution < -0.4 is 10.6 Å². The number of nitrogens with one attached hydrogen (secondary N) is 2. The van der Waals surface area contributed by atoms with Crippen molar-refractivity contribution in [3.63, 3.8) is 0 Å². The van der Waals surface area contributed by atoms with Crippen LogP contribution in [0, 0.1) is 0 Å². The Hall–Kier alpha value is -0.980. The summed E-state index contributed by atoms with van der Waals surface area (Å²) in [5.41, 5.74) is 0. The Morgan fingerprint density at radius 1 is 1.67 bits per heavy atom. The number of aromatic nitrogens is 1. The molecule has 2 N–H and O–H groups in total. The van der Waals surface area contributed by atoms with Crippen molar-refractivity contribution in [3.8, 4) is 0 Å². The second kappa shape index (κ2) is 6.26. The number of anilines is 1. The van der Waals surface area contributed by atoms with Gasteiger partial charge in [-0.2, -0.15) is 0 Å². The topological polar surface area (TPSA) is 57.3 Å². The molecule has 2 heterocycles. The van der Waals surface area contributed by atoms with Crippen LogP contribution in [0.2, 0.25) is 0 Å². The molecule has 0 aliphatic carbocycles. The van der Waals surface area contributed by atoms with E-state index < -0.39 is 0 Å².